The molecule has 2 aromatic rings. The van der Waals surface area contributed by atoms with Crippen molar-refractivity contribution in [3.05, 3.63) is 47.5 Å². The molecule has 1 atom stereocenters. The van der Waals surface area contributed by atoms with Crippen LogP contribution in [0, 0.1) is 0 Å². The van der Waals surface area contributed by atoms with Gasteiger partial charge in [0.1, 0.15) is 5.75 Å². The zero-order chi connectivity index (χ0) is 16.6. The van der Waals surface area contributed by atoms with Crippen LogP contribution in [0.2, 0.25) is 0 Å². The number of halogens is 2. The Morgan fingerprint density at radius 1 is 1.40 bits per heavy atom. The molecule has 0 aliphatic carbocycles. The number of methoxy groups -OCH3 is 1. The van der Waals surface area contributed by atoms with Crippen LogP contribution in [0.5, 0.6) is 5.75 Å². The summed E-state index contributed by atoms with van der Waals surface area (Å²) >= 11 is 0. The van der Waals surface area contributed by atoms with Gasteiger partial charge in [0.05, 0.1) is 36.9 Å². The topological polar surface area (TPSA) is 84.2 Å². The lowest BCUT2D eigenvalue weighted by molar-refractivity contribution is -0.137. The highest BCUT2D eigenvalue weighted by atomic mass is 35.5. The number of nitrogens with one attached hydrogen (secondary N) is 1. The molecule has 0 bridgehead atoms. The standard InChI is InChI=1S/C17H22N4O2.2ClH/c1-17(2,18)16(22)21-8-13(15-14(9-21)19-10-20-15)11-5-4-6-12(7-11)23-3;;/h4-7,10,13H,8-9,18H2,1-3H3,(H,19,20);2*1H. The van der Waals surface area contributed by atoms with Gasteiger partial charge in [-0.05, 0) is 31.5 Å². The van der Waals surface area contributed by atoms with Gasteiger partial charge in [-0.25, -0.2) is 4.98 Å². The number of hydrogen-bond donors (Lipinski definition) is 2. The Labute approximate surface area is 160 Å². The summed E-state index contributed by atoms with van der Waals surface area (Å²) in [4.78, 5) is 22.0. The van der Waals surface area contributed by atoms with Crippen LogP contribution in [-0.4, -0.2) is 40.0 Å². The summed E-state index contributed by atoms with van der Waals surface area (Å²) in [5.41, 5.74) is 8.12. The zero-order valence-corrected chi connectivity index (χ0v) is 16.1. The lowest BCUT2D eigenvalue weighted by atomic mass is 9.89. The normalized spacial score (nSPS) is 16.3. The fraction of sp³-hybridized carbons (Fsp3) is 0.412. The molecule has 1 aliphatic heterocycles. The van der Waals surface area contributed by atoms with Crippen LogP contribution < -0.4 is 10.5 Å². The van der Waals surface area contributed by atoms with Gasteiger partial charge in [0, 0.05) is 12.5 Å². The van der Waals surface area contributed by atoms with Gasteiger partial charge in [-0.2, -0.15) is 0 Å². The van der Waals surface area contributed by atoms with Crippen molar-refractivity contribution in [3.8, 4) is 5.75 Å². The highest BCUT2D eigenvalue weighted by Gasteiger charge is 2.35. The van der Waals surface area contributed by atoms with E-state index in [0.29, 0.717) is 13.1 Å². The number of H-pyrrole nitrogens is 1. The van der Waals surface area contributed by atoms with Crippen molar-refractivity contribution in [2.24, 2.45) is 5.73 Å². The molecule has 3 N–H and O–H groups in total. The smallest absolute Gasteiger partial charge is 0.242 e. The molecule has 1 unspecified atom stereocenters. The first-order chi connectivity index (χ1) is 10.9. The van der Waals surface area contributed by atoms with Crippen molar-refractivity contribution in [3.63, 3.8) is 0 Å². The molecular formula is C17H24Cl2N4O2. The molecule has 1 amide bonds. The van der Waals surface area contributed by atoms with E-state index in [1.807, 2.05) is 24.3 Å². The molecule has 1 aromatic heterocycles. The number of hydrogen-bond acceptors (Lipinski definition) is 4. The SMILES string of the molecule is COc1cccc(C2CN(C(=O)C(C)(C)N)Cc3[nH]cnc32)c1.Cl.Cl. The summed E-state index contributed by atoms with van der Waals surface area (Å²) in [7, 11) is 1.65. The summed E-state index contributed by atoms with van der Waals surface area (Å²) in [5.74, 6) is 0.735. The molecule has 6 nitrogen and oxygen atoms in total. The van der Waals surface area contributed by atoms with Crippen molar-refractivity contribution in [1.82, 2.24) is 14.9 Å². The summed E-state index contributed by atoms with van der Waals surface area (Å²) < 4.78 is 5.31. The third-order valence-electron chi connectivity index (χ3n) is 4.17. The van der Waals surface area contributed by atoms with Gasteiger partial charge in [-0.1, -0.05) is 12.1 Å². The van der Waals surface area contributed by atoms with E-state index < -0.39 is 5.54 Å². The lowest BCUT2D eigenvalue weighted by Crippen LogP contribution is -2.53. The Morgan fingerprint density at radius 3 is 2.76 bits per heavy atom. The number of fused-ring (bicyclic) bond motifs is 1. The first-order valence-corrected chi connectivity index (χ1v) is 7.64. The molecule has 1 aromatic carbocycles. The predicted molar refractivity (Wildman–Crippen MR) is 102 cm³/mol. The van der Waals surface area contributed by atoms with Crippen LogP contribution >= 0.6 is 24.8 Å². The zero-order valence-electron chi connectivity index (χ0n) is 14.5. The van der Waals surface area contributed by atoms with Gasteiger partial charge >= 0.3 is 0 Å². The van der Waals surface area contributed by atoms with Gasteiger partial charge in [-0.15, -0.1) is 24.8 Å². The Hall–Kier alpha value is -1.76. The number of imidazole rings is 1. The van der Waals surface area contributed by atoms with Gasteiger partial charge in [0.25, 0.3) is 0 Å². The number of nitrogens with zero attached hydrogens (tertiary/aromatic N) is 2. The molecule has 2 heterocycles. The maximum absolute atomic E-state index is 12.6. The summed E-state index contributed by atoms with van der Waals surface area (Å²) in [6, 6.07) is 7.88. The Bertz CT molecular complexity index is 727. The third-order valence-corrected chi connectivity index (χ3v) is 4.17. The molecule has 138 valence electrons. The summed E-state index contributed by atoms with van der Waals surface area (Å²) in [6.45, 7) is 4.54. The molecule has 0 radical (unpaired) electrons. The number of carbonyl (C=O) groups excluding carboxylic acids is 1. The van der Waals surface area contributed by atoms with E-state index in [1.54, 1.807) is 32.2 Å². The third kappa shape index (κ3) is 4.26. The van der Waals surface area contributed by atoms with Gasteiger partial charge in [-0.3, -0.25) is 4.79 Å². The lowest BCUT2D eigenvalue weighted by Gasteiger charge is -2.35. The van der Waals surface area contributed by atoms with Gasteiger partial charge in [0.15, 0.2) is 0 Å². The molecule has 0 spiro atoms. The van der Waals surface area contributed by atoms with Crippen molar-refractivity contribution in [2.75, 3.05) is 13.7 Å². The molecular weight excluding hydrogens is 363 g/mol. The minimum atomic E-state index is -0.892. The number of benzene rings is 1. The number of aromatic amines is 1. The number of rotatable bonds is 3. The first kappa shape index (κ1) is 21.3. The predicted octanol–water partition coefficient (Wildman–Crippen LogP) is 2.47. The minimum Gasteiger partial charge on any atom is -0.497 e. The van der Waals surface area contributed by atoms with E-state index in [4.69, 9.17) is 10.5 Å². The van der Waals surface area contributed by atoms with Crippen molar-refractivity contribution >= 4 is 30.7 Å². The first-order valence-electron chi connectivity index (χ1n) is 7.64. The maximum atomic E-state index is 12.6. The van der Waals surface area contributed by atoms with Crippen molar-refractivity contribution in [2.45, 2.75) is 31.8 Å². The summed E-state index contributed by atoms with van der Waals surface area (Å²) in [5, 5.41) is 0. The van der Waals surface area contributed by atoms with Gasteiger partial charge in [0.2, 0.25) is 5.91 Å². The van der Waals surface area contributed by atoms with E-state index >= 15 is 0 Å². The molecule has 8 heteroatoms. The monoisotopic (exact) mass is 386 g/mol. The molecule has 25 heavy (non-hydrogen) atoms. The van der Waals surface area contributed by atoms with Crippen molar-refractivity contribution < 1.29 is 9.53 Å². The Balaban J connectivity index is 0.00000156. The quantitative estimate of drug-likeness (QED) is 0.848. The largest absolute Gasteiger partial charge is 0.497 e. The van der Waals surface area contributed by atoms with Crippen LogP contribution in [0.3, 0.4) is 0 Å². The van der Waals surface area contributed by atoms with Crippen LogP contribution in [0.1, 0.15) is 36.7 Å². The molecule has 0 saturated carbocycles. The average Bonchev–Trinajstić information content (AvgIpc) is 3.00. The number of nitrogens with two attached hydrogens (primary N) is 1. The highest BCUT2D eigenvalue weighted by molar-refractivity contribution is 5.86. The van der Waals surface area contributed by atoms with Crippen LogP contribution in [0.25, 0.3) is 0 Å². The maximum Gasteiger partial charge on any atom is 0.242 e. The Morgan fingerprint density at radius 2 is 2.12 bits per heavy atom. The van der Waals surface area contributed by atoms with Gasteiger partial charge < -0.3 is 20.4 Å². The summed E-state index contributed by atoms with van der Waals surface area (Å²) in [6.07, 6.45) is 1.68. The minimum absolute atomic E-state index is 0. The van der Waals surface area contributed by atoms with E-state index in [2.05, 4.69) is 9.97 Å². The molecule has 3 rings (SSSR count). The molecule has 0 saturated heterocycles. The number of ether oxygens (including phenoxy) is 1. The highest BCUT2D eigenvalue weighted by Crippen LogP contribution is 2.33. The number of carbonyl (C=O) groups is 1. The van der Waals surface area contributed by atoms with Crippen LogP contribution in [-0.2, 0) is 11.3 Å². The fourth-order valence-electron chi connectivity index (χ4n) is 3.00. The molecule has 1 aliphatic rings. The second kappa shape index (κ2) is 8.08. The number of amides is 1. The Kier molecular flexibility index (Phi) is 6.88. The molecule has 0 fully saturated rings. The van der Waals surface area contributed by atoms with Crippen molar-refractivity contribution in [1.29, 1.82) is 0 Å². The van der Waals surface area contributed by atoms with E-state index in [-0.39, 0.29) is 36.6 Å². The van der Waals surface area contributed by atoms with Crippen LogP contribution in [0.4, 0.5) is 0 Å². The average molecular weight is 387 g/mol. The van der Waals surface area contributed by atoms with E-state index in [1.165, 1.54) is 0 Å². The fourth-order valence-corrected chi connectivity index (χ4v) is 3.00. The van der Waals surface area contributed by atoms with E-state index in [9.17, 15) is 4.79 Å². The van der Waals surface area contributed by atoms with Crippen LogP contribution in [0.15, 0.2) is 30.6 Å². The number of aromatic nitrogens is 2. The second-order valence-corrected chi connectivity index (χ2v) is 6.50. The van der Waals surface area contributed by atoms with E-state index in [0.717, 1.165) is 22.7 Å². The second-order valence-electron chi connectivity index (χ2n) is 6.50.